The van der Waals surface area contributed by atoms with Crippen molar-refractivity contribution in [3.63, 3.8) is 0 Å². The summed E-state index contributed by atoms with van der Waals surface area (Å²) in [5.74, 6) is -1.36. The number of nitrogens with zero attached hydrogens (tertiary/aromatic N) is 1. The van der Waals surface area contributed by atoms with E-state index < -0.39 is 11.8 Å². The zero-order valence-corrected chi connectivity index (χ0v) is 22.9. The van der Waals surface area contributed by atoms with Crippen LogP contribution >= 0.6 is 34.2 Å². The minimum atomic E-state index is -0.908. The Labute approximate surface area is 232 Å². The number of nitrogens with one attached hydrogen (secondary N) is 3. The van der Waals surface area contributed by atoms with Crippen molar-refractivity contribution in [2.45, 2.75) is 13.3 Å². The molecule has 3 amide bonds. The van der Waals surface area contributed by atoms with Crippen LogP contribution < -0.4 is 25.5 Å². The number of rotatable bonds is 9. The van der Waals surface area contributed by atoms with Crippen LogP contribution in [-0.2, 0) is 20.8 Å². The number of halogens is 2. The number of methoxy groups -OCH3 is 1. The SMILES string of the molecule is CCc1ccccc1NC(=O)C(=O)N/N=C\c1cc(I)c(OCC(=O)Nc2cccc(Cl)c2)c(OC)c1. The third-order valence-corrected chi connectivity index (χ3v) is 5.98. The van der Waals surface area contributed by atoms with Crippen LogP contribution in [0.4, 0.5) is 11.4 Å². The van der Waals surface area contributed by atoms with Gasteiger partial charge >= 0.3 is 11.8 Å². The molecule has 0 bridgehead atoms. The maximum absolute atomic E-state index is 12.3. The summed E-state index contributed by atoms with van der Waals surface area (Å²) in [5.41, 5.74) is 4.83. The monoisotopic (exact) mass is 634 g/mol. The lowest BCUT2D eigenvalue weighted by Gasteiger charge is -2.13. The molecule has 3 aromatic carbocycles. The molecule has 0 atom stereocenters. The fourth-order valence-corrected chi connectivity index (χ4v) is 4.17. The van der Waals surface area contributed by atoms with E-state index in [0.717, 1.165) is 5.56 Å². The van der Waals surface area contributed by atoms with Crippen LogP contribution in [-0.4, -0.2) is 37.7 Å². The minimum Gasteiger partial charge on any atom is -0.493 e. The molecule has 0 saturated heterocycles. The third-order valence-electron chi connectivity index (χ3n) is 4.94. The van der Waals surface area contributed by atoms with Crippen LogP contribution in [0.15, 0.2) is 65.8 Å². The Morgan fingerprint density at radius 3 is 2.54 bits per heavy atom. The maximum Gasteiger partial charge on any atom is 0.329 e. The maximum atomic E-state index is 12.3. The lowest BCUT2D eigenvalue weighted by molar-refractivity contribution is -0.136. The molecule has 0 unspecified atom stereocenters. The highest BCUT2D eigenvalue weighted by Gasteiger charge is 2.15. The molecule has 3 aromatic rings. The summed E-state index contributed by atoms with van der Waals surface area (Å²) in [5, 5.41) is 9.66. The second-order valence-electron chi connectivity index (χ2n) is 7.55. The van der Waals surface area contributed by atoms with Gasteiger partial charge in [-0.1, -0.05) is 42.8 Å². The summed E-state index contributed by atoms with van der Waals surface area (Å²) >= 11 is 7.97. The van der Waals surface area contributed by atoms with Crippen LogP contribution in [0.3, 0.4) is 0 Å². The van der Waals surface area contributed by atoms with Crippen molar-refractivity contribution in [2.75, 3.05) is 24.4 Å². The Balaban J connectivity index is 1.59. The molecule has 11 heteroatoms. The zero-order chi connectivity index (χ0) is 26.8. The molecule has 192 valence electrons. The highest BCUT2D eigenvalue weighted by molar-refractivity contribution is 14.1. The Morgan fingerprint density at radius 1 is 1.03 bits per heavy atom. The van der Waals surface area contributed by atoms with Gasteiger partial charge in [0.25, 0.3) is 5.91 Å². The van der Waals surface area contributed by atoms with Gasteiger partial charge in [0.15, 0.2) is 18.1 Å². The molecule has 3 N–H and O–H groups in total. The normalized spacial score (nSPS) is 10.6. The molecule has 0 aromatic heterocycles. The molecule has 3 rings (SSSR count). The van der Waals surface area contributed by atoms with Gasteiger partial charge in [-0.2, -0.15) is 5.10 Å². The number of aryl methyl sites for hydroxylation is 1. The van der Waals surface area contributed by atoms with Crippen LogP contribution in [0.25, 0.3) is 0 Å². The van der Waals surface area contributed by atoms with E-state index in [4.69, 9.17) is 21.1 Å². The number of amides is 3. The number of benzene rings is 3. The topological polar surface area (TPSA) is 118 Å². The van der Waals surface area contributed by atoms with E-state index in [9.17, 15) is 14.4 Å². The predicted molar refractivity (Wildman–Crippen MR) is 151 cm³/mol. The lowest BCUT2D eigenvalue weighted by Crippen LogP contribution is -2.32. The average Bonchev–Trinajstić information content (AvgIpc) is 2.88. The Kier molecular flexibility index (Phi) is 10.3. The highest BCUT2D eigenvalue weighted by Crippen LogP contribution is 2.33. The van der Waals surface area contributed by atoms with E-state index in [0.29, 0.717) is 43.5 Å². The molecule has 0 radical (unpaired) electrons. The molecule has 0 aliphatic carbocycles. The number of ether oxygens (including phenoxy) is 2. The Hall–Kier alpha value is -3.64. The molecule has 0 spiro atoms. The number of para-hydroxylation sites is 1. The van der Waals surface area contributed by atoms with E-state index in [2.05, 4.69) is 21.2 Å². The number of carbonyl (C=O) groups is 3. The fraction of sp³-hybridized carbons (Fsp3) is 0.154. The molecule has 0 aliphatic heterocycles. The number of anilines is 2. The van der Waals surface area contributed by atoms with Crippen molar-refractivity contribution in [3.05, 3.63) is 80.4 Å². The van der Waals surface area contributed by atoms with Gasteiger partial charge in [-0.3, -0.25) is 14.4 Å². The van der Waals surface area contributed by atoms with Gasteiger partial charge in [-0.05, 0) is 76.5 Å². The van der Waals surface area contributed by atoms with Crippen molar-refractivity contribution < 1.29 is 23.9 Å². The van der Waals surface area contributed by atoms with E-state index in [1.165, 1.54) is 13.3 Å². The molecule has 37 heavy (non-hydrogen) atoms. The highest BCUT2D eigenvalue weighted by atomic mass is 127. The van der Waals surface area contributed by atoms with Gasteiger partial charge < -0.3 is 20.1 Å². The summed E-state index contributed by atoms with van der Waals surface area (Å²) < 4.78 is 11.7. The smallest absolute Gasteiger partial charge is 0.329 e. The first-order chi connectivity index (χ1) is 17.8. The fourth-order valence-electron chi connectivity index (χ4n) is 3.20. The van der Waals surface area contributed by atoms with Crippen LogP contribution in [0.2, 0.25) is 5.02 Å². The quantitative estimate of drug-likeness (QED) is 0.137. The third kappa shape index (κ3) is 8.19. The first kappa shape index (κ1) is 27.9. The van der Waals surface area contributed by atoms with Crippen LogP contribution in [0.1, 0.15) is 18.1 Å². The summed E-state index contributed by atoms with van der Waals surface area (Å²) in [7, 11) is 1.46. The standard InChI is InChI=1S/C26H24ClIN4O5/c1-3-17-7-4-5-10-21(17)31-25(34)26(35)32-29-14-16-11-20(28)24(22(12-16)36-2)37-15-23(33)30-19-9-6-8-18(27)13-19/h4-14H,3,15H2,1-2H3,(H,30,33)(H,31,34)(H,32,35)/b29-14-. The summed E-state index contributed by atoms with van der Waals surface area (Å²) in [6, 6.07) is 17.4. The number of hydrogen-bond donors (Lipinski definition) is 3. The van der Waals surface area contributed by atoms with Crippen molar-refractivity contribution in [1.29, 1.82) is 0 Å². The predicted octanol–water partition coefficient (Wildman–Crippen LogP) is 4.62. The number of hydrazone groups is 1. The minimum absolute atomic E-state index is 0.251. The first-order valence-corrected chi connectivity index (χ1v) is 12.5. The summed E-state index contributed by atoms with van der Waals surface area (Å²) in [6.07, 6.45) is 2.08. The Bertz CT molecular complexity index is 1330. The van der Waals surface area contributed by atoms with E-state index in [-0.39, 0.29) is 12.5 Å². The summed E-state index contributed by atoms with van der Waals surface area (Å²) in [4.78, 5) is 36.6. The van der Waals surface area contributed by atoms with E-state index in [1.54, 1.807) is 48.5 Å². The van der Waals surface area contributed by atoms with Crippen molar-refractivity contribution >= 4 is 69.5 Å². The van der Waals surface area contributed by atoms with Gasteiger partial charge in [0, 0.05) is 16.4 Å². The molecule has 0 saturated carbocycles. The first-order valence-electron chi connectivity index (χ1n) is 11.1. The molecule has 0 fully saturated rings. The second-order valence-corrected chi connectivity index (χ2v) is 9.14. The molecular formula is C26H24ClIN4O5. The molecule has 9 nitrogen and oxygen atoms in total. The summed E-state index contributed by atoms with van der Waals surface area (Å²) in [6.45, 7) is 1.70. The van der Waals surface area contributed by atoms with E-state index >= 15 is 0 Å². The van der Waals surface area contributed by atoms with Gasteiger partial charge in [0.2, 0.25) is 0 Å². The van der Waals surface area contributed by atoms with Crippen molar-refractivity contribution in [1.82, 2.24) is 5.43 Å². The molecule has 0 heterocycles. The lowest BCUT2D eigenvalue weighted by atomic mass is 10.1. The Morgan fingerprint density at radius 2 is 1.81 bits per heavy atom. The number of hydrogen-bond acceptors (Lipinski definition) is 6. The largest absolute Gasteiger partial charge is 0.493 e. The molecule has 0 aliphatic rings. The second kappa shape index (κ2) is 13.6. The van der Waals surface area contributed by atoms with Gasteiger partial charge in [-0.25, -0.2) is 5.43 Å². The van der Waals surface area contributed by atoms with Gasteiger partial charge in [-0.15, -0.1) is 0 Å². The van der Waals surface area contributed by atoms with Crippen molar-refractivity contribution in [3.8, 4) is 11.5 Å². The number of carbonyl (C=O) groups excluding carboxylic acids is 3. The van der Waals surface area contributed by atoms with E-state index in [1.807, 2.05) is 41.6 Å². The average molecular weight is 635 g/mol. The van der Waals surface area contributed by atoms with Gasteiger partial charge in [0.05, 0.1) is 16.9 Å². The van der Waals surface area contributed by atoms with Crippen LogP contribution in [0.5, 0.6) is 11.5 Å². The van der Waals surface area contributed by atoms with Crippen molar-refractivity contribution in [2.24, 2.45) is 5.10 Å². The van der Waals surface area contributed by atoms with Crippen LogP contribution in [0, 0.1) is 3.57 Å². The van der Waals surface area contributed by atoms with Gasteiger partial charge in [0.1, 0.15) is 0 Å². The molecular weight excluding hydrogens is 611 g/mol. The zero-order valence-electron chi connectivity index (χ0n) is 20.0.